The van der Waals surface area contributed by atoms with Crippen LogP contribution in [0.3, 0.4) is 0 Å². The maximum atomic E-state index is 11.2. The minimum Gasteiger partial charge on any atom is -0.402 e. The van der Waals surface area contributed by atoms with Crippen molar-refractivity contribution < 1.29 is 18.9 Å². The van der Waals surface area contributed by atoms with E-state index in [9.17, 15) is 4.57 Å². The number of hydrogen-bond acceptors (Lipinski definition) is 3. The van der Waals surface area contributed by atoms with Gasteiger partial charge in [-0.1, -0.05) is 66.7 Å². The van der Waals surface area contributed by atoms with Crippen molar-refractivity contribution in [3.63, 3.8) is 0 Å². The van der Waals surface area contributed by atoms with Crippen LogP contribution in [0.1, 0.15) is 22.3 Å². The molecule has 0 aliphatic rings. The van der Waals surface area contributed by atoms with Gasteiger partial charge in [0.15, 0.2) is 5.75 Å². The molecule has 3 aromatic carbocycles. The summed E-state index contributed by atoms with van der Waals surface area (Å²) in [5.74, 6) is 0.000996. The molecule has 3 rings (SSSR count). The van der Waals surface area contributed by atoms with E-state index < -0.39 is 7.82 Å². The fraction of sp³-hybridized carbons (Fsp3) is 0.100. The fourth-order valence-electron chi connectivity index (χ4n) is 2.89. The number of phosphoric acid groups is 1. The highest BCUT2D eigenvalue weighted by atomic mass is 31.2. The van der Waals surface area contributed by atoms with Crippen molar-refractivity contribution in [2.45, 2.75) is 12.8 Å². The van der Waals surface area contributed by atoms with Gasteiger partial charge in [0.1, 0.15) is 0 Å². The van der Waals surface area contributed by atoms with Crippen molar-refractivity contribution in [1.82, 2.24) is 0 Å². The average Bonchev–Trinajstić information content (AvgIpc) is 2.61. The Morgan fingerprint density at radius 2 is 1.35 bits per heavy atom. The van der Waals surface area contributed by atoms with Gasteiger partial charge in [0.05, 0.1) is 5.69 Å². The van der Waals surface area contributed by atoms with Gasteiger partial charge < -0.3 is 10.3 Å². The first-order chi connectivity index (χ1) is 12.4. The first-order valence-corrected chi connectivity index (χ1v) is 9.68. The first kappa shape index (κ1) is 18.2. The Hall–Kier alpha value is -2.59. The van der Waals surface area contributed by atoms with E-state index in [0.717, 1.165) is 22.3 Å². The second-order valence-electron chi connectivity index (χ2n) is 6.02. The summed E-state index contributed by atoms with van der Waals surface area (Å²) in [5.41, 5.74) is 10.5. The summed E-state index contributed by atoms with van der Waals surface area (Å²) in [5, 5.41) is 0. The predicted octanol–water partition coefficient (Wildman–Crippen LogP) is 3.92. The highest BCUT2D eigenvalue weighted by molar-refractivity contribution is 7.46. The van der Waals surface area contributed by atoms with Gasteiger partial charge >= 0.3 is 7.82 Å². The van der Waals surface area contributed by atoms with Gasteiger partial charge in [-0.2, -0.15) is 0 Å². The molecule has 0 saturated heterocycles. The van der Waals surface area contributed by atoms with Crippen LogP contribution >= 0.6 is 7.82 Å². The van der Waals surface area contributed by atoms with Gasteiger partial charge in [-0.25, -0.2) is 4.57 Å². The summed E-state index contributed by atoms with van der Waals surface area (Å²) in [4.78, 5) is 18.2. The van der Waals surface area contributed by atoms with Crippen LogP contribution in [0.15, 0.2) is 72.8 Å². The van der Waals surface area contributed by atoms with E-state index in [1.165, 1.54) is 6.07 Å². The highest BCUT2D eigenvalue weighted by Gasteiger charge is 2.20. The van der Waals surface area contributed by atoms with Gasteiger partial charge in [-0.05, 0) is 41.2 Å². The van der Waals surface area contributed by atoms with Gasteiger partial charge in [-0.15, -0.1) is 0 Å². The molecule has 0 heterocycles. The molecule has 0 unspecified atom stereocenters. The molecular formula is C20H20NO4P. The van der Waals surface area contributed by atoms with Gasteiger partial charge in [0.25, 0.3) is 0 Å². The molecule has 0 bridgehead atoms. The zero-order valence-corrected chi connectivity index (χ0v) is 15.0. The molecule has 0 aliphatic heterocycles. The van der Waals surface area contributed by atoms with Gasteiger partial charge in [-0.3, -0.25) is 9.79 Å². The molecule has 0 fully saturated rings. The van der Waals surface area contributed by atoms with Crippen LogP contribution < -0.4 is 10.3 Å². The lowest BCUT2D eigenvalue weighted by molar-refractivity contribution is 0.283. The first-order valence-electron chi connectivity index (χ1n) is 8.15. The third-order valence-electron chi connectivity index (χ3n) is 4.09. The van der Waals surface area contributed by atoms with E-state index in [1.807, 2.05) is 66.7 Å². The third kappa shape index (κ3) is 4.73. The van der Waals surface area contributed by atoms with E-state index in [-0.39, 0.29) is 11.4 Å². The Kier molecular flexibility index (Phi) is 5.43. The van der Waals surface area contributed by atoms with E-state index in [4.69, 9.17) is 20.0 Å². The van der Waals surface area contributed by atoms with Crippen molar-refractivity contribution in [2.75, 3.05) is 5.73 Å². The molecule has 6 heteroatoms. The largest absolute Gasteiger partial charge is 0.524 e. The summed E-state index contributed by atoms with van der Waals surface area (Å²) in [7, 11) is -4.68. The van der Waals surface area contributed by atoms with E-state index in [1.54, 1.807) is 0 Å². The quantitative estimate of drug-likeness (QED) is 0.452. The number of anilines is 1. The molecule has 0 radical (unpaired) electrons. The minimum absolute atomic E-state index is 0.000996. The number of phosphoric ester groups is 1. The normalized spacial score (nSPS) is 11.3. The summed E-state index contributed by atoms with van der Waals surface area (Å²) < 4.78 is 16.0. The van der Waals surface area contributed by atoms with E-state index in [0.29, 0.717) is 12.8 Å². The lowest BCUT2D eigenvalue weighted by Gasteiger charge is -2.17. The lowest BCUT2D eigenvalue weighted by Crippen LogP contribution is -2.05. The Bertz CT molecular complexity index is 923. The van der Waals surface area contributed by atoms with Crippen molar-refractivity contribution in [3.8, 4) is 5.75 Å². The third-order valence-corrected chi connectivity index (χ3v) is 4.53. The Morgan fingerprint density at radius 1 is 0.808 bits per heavy atom. The zero-order valence-electron chi connectivity index (χ0n) is 14.1. The zero-order chi connectivity index (χ0) is 18.6. The molecule has 0 amide bonds. The fourth-order valence-corrected chi connectivity index (χ4v) is 3.30. The van der Waals surface area contributed by atoms with Crippen molar-refractivity contribution in [2.24, 2.45) is 0 Å². The van der Waals surface area contributed by atoms with Crippen molar-refractivity contribution >= 4 is 13.5 Å². The summed E-state index contributed by atoms with van der Waals surface area (Å²) >= 11 is 0. The molecule has 0 spiro atoms. The Balaban J connectivity index is 2.02. The average molecular weight is 369 g/mol. The molecule has 0 atom stereocenters. The Labute approximate surface area is 152 Å². The van der Waals surface area contributed by atoms with Crippen molar-refractivity contribution in [1.29, 1.82) is 0 Å². The highest BCUT2D eigenvalue weighted by Crippen LogP contribution is 2.42. The standard InChI is InChI=1S/C20H20NO4P/c21-20-18(14-16-9-5-2-6-10-16)17(13-15-7-3-1-4-8-15)11-12-19(20)25-26(22,23)24/h1-12H,13-14,21H2,(H2,22,23,24). The van der Waals surface area contributed by atoms with Crippen molar-refractivity contribution in [3.05, 3.63) is 95.1 Å². The lowest BCUT2D eigenvalue weighted by atomic mass is 9.93. The predicted molar refractivity (Wildman–Crippen MR) is 102 cm³/mol. The minimum atomic E-state index is -4.68. The molecule has 26 heavy (non-hydrogen) atoms. The topological polar surface area (TPSA) is 92.8 Å². The molecule has 5 nitrogen and oxygen atoms in total. The second-order valence-corrected chi connectivity index (χ2v) is 7.19. The molecule has 0 saturated carbocycles. The molecule has 3 aromatic rings. The van der Waals surface area contributed by atoms with Crippen LogP contribution in [0, 0.1) is 0 Å². The maximum absolute atomic E-state index is 11.2. The molecule has 4 N–H and O–H groups in total. The summed E-state index contributed by atoms with van der Waals surface area (Å²) in [6.45, 7) is 0. The number of nitrogen functional groups attached to an aromatic ring is 1. The second kappa shape index (κ2) is 7.75. The van der Waals surface area contributed by atoms with Crippen LogP contribution in [0.5, 0.6) is 5.75 Å². The molecule has 134 valence electrons. The van der Waals surface area contributed by atoms with Crippen LogP contribution in [-0.4, -0.2) is 9.79 Å². The molecular weight excluding hydrogens is 349 g/mol. The molecule has 0 aromatic heterocycles. The summed E-state index contributed by atoms with van der Waals surface area (Å²) in [6.07, 6.45) is 1.22. The van der Waals surface area contributed by atoms with Gasteiger partial charge in [0.2, 0.25) is 0 Å². The van der Waals surface area contributed by atoms with Gasteiger partial charge in [0, 0.05) is 0 Å². The van der Waals surface area contributed by atoms with E-state index >= 15 is 0 Å². The van der Waals surface area contributed by atoms with E-state index in [2.05, 4.69) is 0 Å². The molecule has 0 aliphatic carbocycles. The van der Waals surface area contributed by atoms with Crippen LogP contribution in [0.25, 0.3) is 0 Å². The maximum Gasteiger partial charge on any atom is 0.524 e. The number of benzene rings is 3. The smallest absolute Gasteiger partial charge is 0.402 e. The number of nitrogens with two attached hydrogens (primary N) is 1. The summed E-state index contributed by atoms with van der Waals surface area (Å²) in [6, 6.07) is 23.1. The number of rotatable bonds is 6. The monoisotopic (exact) mass is 369 g/mol. The Morgan fingerprint density at radius 3 is 1.88 bits per heavy atom. The SMILES string of the molecule is Nc1c(OP(=O)(O)O)ccc(Cc2ccccc2)c1Cc1ccccc1. The van der Waals surface area contributed by atoms with Crippen LogP contribution in [-0.2, 0) is 17.4 Å². The number of hydrogen-bond donors (Lipinski definition) is 3. The van der Waals surface area contributed by atoms with Crippen LogP contribution in [0.4, 0.5) is 5.69 Å². The van der Waals surface area contributed by atoms with Crippen LogP contribution in [0.2, 0.25) is 0 Å².